The minimum atomic E-state index is -2.28. The van der Waals surface area contributed by atoms with Gasteiger partial charge in [-0.15, -0.1) is 0 Å². The van der Waals surface area contributed by atoms with Crippen molar-refractivity contribution in [2.24, 2.45) is 0 Å². The second kappa shape index (κ2) is 6.43. The molecular formula is C12H17F2NO. The minimum Gasteiger partial charge on any atom is -0.497 e. The maximum absolute atomic E-state index is 12.2. The average molecular weight is 229 g/mol. The molecular weight excluding hydrogens is 212 g/mol. The highest BCUT2D eigenvalue weighted by molar-refractivity contribution is 5.27. The van der Waals surface area contributed by atoms with Crippen LogP contribution in [0.15, 0.2) is 24.3 Å². The number of ether oxygens (including phenoxy) is 1. The Kier molecular flexibility index (Phi) is 5.19. The van der Waals surface area contributed by atoms with Crippen LogP contribution in [0.5, 0.6) is 5.75 Å². The molecule has 0 spiro atoms. The third-order valence-electron chi connectivity index (χ3n) is 2.41. The van der Waals surface area contributed by atoms with Gasteiger partial charge < -0.3 is 4.74 Å². The van der Waals surface area contributed by atoms with Crippen molar-refractivity contribution in [3.8, 4) is 5.75 Å². The number of methoxy groups -OCH3 is 1. The predicted octanol–water partition coefficient (Wildman–Crippen LogP) is 2.78. The van der Waals surface area contributed by atoms with E-state index in [0.29, 0.717) is 13.1 Å². The zero-order valence-corrected chi connectivity index (χ0v) is 9.62. The van der Waals surface area contributed by atoms with Crippen LogP contribution >= 0.6 is 0 Å². The normalized spacial score (nSPS) is 11.1. The highest BCUT2D eigenvalue weighted by Gasteiger charge is 2.10. The SMILES string of the molecule is CCN(Cc1ccc(OC)cc1)CC(F)F. The lowest BCUT2D eigenvalue weighted by molar-refractivity contribution is 0.0874. The van der Waals surface area contributed by atoms with Gasteiger partial charge in [-0.05, 0) is 24.2 Å². The van der Waals surface area contributed by atoms with Crippen LogP contribution < -0.4 is 4.74 Å². The Morgan fingerprint density at radius 1 is 1.25 bits per heavy atom. The zero-order valence-electron chi connectivity index (χ0n) is 9.62. The van der Waals surface area contributed by atoms with Crippen molar-refractivity contribution in [2.45, 2.75) is 19.9 Å². The first-order chi connectivity index (χ1) is 7.65. The quantitative estimate of drug-likeness (QED) is 0.743. The molecule has 0 amide bonds. The number of benzene rings is 1. The standard InChI is InChI=1S/C12H17F2NO/c1-3-15(9-12(13)14)8-10-4-6-11(16-2)7-5-10/h4-7,12H,3,8-9H2,1-2H3. The first kappa shape index (κ1) is 12.9. The number of hydrogen-bond donors (Lipinski definition) is 0. The molecule has 1 aromatic rings. The number of alkyl halides is 2. The highest BCUT2D eigenvalue weighted by atomic mass is 19.3. The van der Waals surface area contributed by atoms with Gasteiger partial charge in [0.25, 0.3) is 6.43 Å². The maximum atomic E-state index is 12.2. The van der Waals surface area contributed by atoms with Gasteiger partial charge >= 0.3 is 0 Å². The molecule has 0 bridgehead atoms. The smallest absolute Gasteiger partial charge is 0.251 e. The molecule has 0 aromatic heterocycles. The molecule has 0 saturated heterocycles. The van der Waals surface area contributed by atoms with E-state index in [1.54, 1.807) is 12.0 Å². The Morgan fingerprint density at radius 2 is 1.88 bits per heavy atom. The number of rotatable bonds is 6. The van der Waals surface area contributed by atoms with E-state index in [9.17, 15) is 8.78 Å². The van der Waals surface area contributed by atoms with Crippen LogP contribution in [0, 0.1) is 0 Å². The van der Waals surface area contributed by atoms with Crippen molar-refractivity contribution < 1.29 is 13.5 Å². The van der Waals surface area contributed by atoms with Crippen molar-refractivity contribution in [3.63, 3.8) is 0 Å². The Hall–Kier alpha value is -1.16. The van der Waals surface area contributed by atoms with Gasteiger partial charge in [0.05, 0.1) is 13.7 Å². The second-order valence-electron chi connectivity index (χ2n) is 3.57. The molecule has 0 unspecified atom stereocenters. The summed E-state index contributed by atoms with van der Waals surface area (Å²) in [5.74, 6) is 0.778. The molecule has 1 aromatic carbocycles. The minimum absolute atomic E-state index is 0.178. The lowest BCUT2D eigenvalue weighted by Crippen LogP contribution is -2.28. The fourth-order valence-corrected chi connectivity index (χ4v) is 1.49. The van der Waals surface area contributed by atoms with E-state index in [0.717, 1.165) is 11.3 Å². The lowest BCUT2D eigenvalue weighted by Gasteiger charge is -2.19. The molecule has 90 valence electrons. The van der Waals surface area contributed by atoms with E-state index in [1.165, 1.54) is 0 Å². The van der Waals surface area contributed by atoms with Gasteiger partial charge in [-0.25, -0.2) is 8.78 Å². The Balaban J connectivity index is 2.56. The fourth-order valence-electron chi connectivity index (χ4n) is 1.49. The summed E-state index contributed by atoms with van der Waals surface area (Å²) in [6.45, 7) is 2.87. The summed E-state index contributed by atoms with van der Waals surface area (Å²) in [6.07, 6.45) is -2.28. The summed E-state index contributed by atoms with van der Waals surface area (Å²) in [6, 6.07) is 7.47. The van der Waals surface area contributed by atoms with Gasteiger partial charge in [-0.3, -0.25) is 4.90 Å². The maximum Gasteiger partial charge on any atom is 0.251 e. The van der Waals surface area contributed by atoms with Crippen molar-refractivity contribution in [3.05, 3.63) is 29.8 Å². The largest absolute Gasteiger partial charge is 0.497 e. The highest BCUT2D eigenvalue weighted by Crippen LogP contribution is 2.13. The van der Waals surface area contributed by atoms with E-state index in [2.05, 4.69) is 0 Å². The van der Waals surface area contributed by atoms with Crippen molar-refractivity contribution in [2.75, 3.05) is 20.2 Å². The van der Waals surface area contributed by atoms with Gasteiger partial charge in [0.2, 0.25) is 0 Å². The lowest BCUT2D eigenvalue weighted by atomic mass is 10.2. The molecule has 0 N–H and O–H groups in total. The molecule has 0 atom stereocenters. The Bertz CT molecular complexity index is 300. The molecule has 0 aliphatic carbocycles. The number of hydrogen-bond acceptors (Lipinski definition) is 2. The zero-order chi connectivity index (χ0) is 12.0. The Labute approximate surface area is 94.8 Å². The summed E-state index contributed by atoms with van der Waals surface area (Å²) in [5, 5.41) is 0. The van der Waals surface area contributed by atoms with E-state index < -0.39 is 6.43 Å². The summed E-state index contributed by atoms with van der Waals surface area (Å²) < 4.78 is 29.5. The molecule has 0 heterocycles. The molecule has 2 nitrogen and oxygen atoms in total. The Morgan fingerprint density at radius 3 is 2.31 bits per heavy atom. The fraction of sp³-hybridized carbons (Fsp3) is 0.500. The van der Waals surface area contributed by atoms with Gasteiger partial charge in [0, 0.05) is 6.54 Å². The van der Waals surface area contributed by atoms with Crippen LogP contribution in [0.3, 0.4) is 0 Å². The second-order valence-corrected chi connectivity index (χ2v) is 3.57. The van der Waals surface area contributed by atoms with Crippen LogP contribution in [0.4, 0.5) is 8.78 Å². The van der Waals surface area contributed by atoms with Crippen molar-refractivity contribution >= 4 is 0 Å². The summed E-state index contributed by atoms with van der Waals surface area (Å²) in [7, 11) is 1.60. The molecule has 0 fully saturated rings. The van der Waals surface area contributed by atoms with Crippen LogP contribution in [-0.2, 0) is 6.54 Å². The number of nitrogens with zero attached hydrogens (tertiary/aromatic N) is 1. The third-order valence-corrected chi connectivity index (χ3v) is 2.41. The van der Waals surface area contributed by atoms with E-state index >= 15 is 0 Å². The van der Waals surface area contributed by atoms with Gasteiger partial charge in [-0.1, -0.05) is 19.1 Å². The van der Waals surface area contributed by atoms with E-state index in [4.69, 9.17) is 4.74 Å². The summed E-state index contributed by atoms with van der Waals surface area (Å²) in [5.41, 5.74) is 1.02. The van der Waals surface area contributed by atoms with Gasteiger partial charge in [0.15, 0.2) is 0 Å². The van der Waals surface area contributed by atoms with Gasteiger partial charge in [-0.2, -0.15) is 0 Å². The monoisotopic (exact) mass is 229 g/mol. The molecule has 0 aliphatic heterocycles. The van der Waals surface area contributed by atoms with Crippen LogP contribution in [0.2, 0.25) is 0 Å². The first-order valence-corrected chi connectivity index (χ1v) is 5.29. The van der Waals surface area contributed by atoms with Crippen LogP contribution in [-0.4, -0.2) is 31.5 Å². The first-order valence-electron chi connectivity index (χ1n) is 5.29. The molecule has 0 saturated carbocycles. The third kappa shape index (κ3) is 4.14. The molecule has 0 aliphatic rings. The number of halogens is 2. The summed E-state index contributed by atoms with van der Waals surface area (Å²) in [4.78, 5) is 1.71. The molecule has 1 rings (SSSR count). The van der Waals surface area contributed by atoms with Crippen molar-refractivity contribution in [1.82, 2.24) is 4.90 Å². The topological polar surface area (TPSA) is 12.5 Å². The van der Waals surface area contributed by atoms with Crippen molar-refractivity contribution in [1.29, 1.82) is 0 Å². The van der Waals surface area contributed by atoms with E-state index in [-0.39, 0.29) is 6.54 Å². The predicted molar refractivity (Wildman–Crippen MR) is 59.9 cm³/mol. The molecule has 4 heteroatoms. The van der Waals surface area contributed by atoms with Gasteiger partial charge in [0.1, 0.15) is 5.75 Å². The van der Waals surface area contributed by atoms with E-state index in [1.807, 2.05) is 31.2 Å². The molecule has 0 radical (unpaired) electrons. The summed E-state index contributed by atoms with van der Waals surface area (Å²) >= 11 is 0. The van der Waals surface area contributed by atoms with Crippen LogP contribution in [0.1, 0.15) is 12.5 Å². The average Bonchev–Trinajstić information content (AvgIpc) is 2.28. The molecule has 16 heavy (non-hydrogen) atoms. The van der Waals surface area contributed by atoms with Crippen LogP contribution in [0.25, 0.3) is 0 Å².